The summed E-state index contributed by atoms with van der Waals surface area (Å²) in [6, 6.07) is 4.00. The molecule has 29 heavy (non-hydrogen) atoms. The molecule has 4 atom stereocenters. The minimum atomic E-state index is -0.486. The first-order chi connectivity index (χ1) is 14.0. The van der Waals surface area contributed by atoms with Crippen molar-refractivity contribution in [2.75, 3.05) is 13.1 Å². The van der Waals surface area contributed by atoms with Crippen LogP contribution in [0.25, 0.3) is 0 Å². The molecule has 0 spiro atoms. The third kappa shape index (κ3) is 3.47. The first-order valence-electron chi connectivity index (χ1n) is 10.8. The molecule has 0 radical (unpaired) electrons. The van der Waals surface area contributed by atoms with Crippen molar-refractivity contribution in [3.8, 4) is 0 Å². The van der Waals surface area contributed by atoms with Gasteiger partial charge in [-0.2, -0.15) is 0 Å². The monoisotopic (exact) mass is 412 g/mol. The zero-order valence-corrected chi connectivity index (χ0v) is 17.7. The van der Waals surface area contributed by atoms with Gasteiger partial charge < -0.3 is 10.2 Å². The van der Waals surface area contributed by atoms with Gasteiger partial charge in [0.1, 0.15) is 4.75 Å². The minimum Gasteiger partial charge on any atom is -0.339 e. The van der Waals surface area contributed by atoms with Crippen LogP contribution in [0.15, 0.2) is 29.5 Å². The number of aliphatic imine (C=N–C) groups is 1. The zero-order chi connectivity index (χ0) is 20.0. The quantitative estimate of drug-likeness (QED) is 0.828. The highest BCUT2D eigenvalue weighted by atomic mass is 32.2. The molecule has 2 amide bonds. The molecule has 4 aliphatic rings. The maximum absolute atomic E-state index is 12.9. The molecule has 1 aromatic heterocycles. The molecule has 4 fully saturated rings. The fourth-order valence-electron chi connectivity index (χ4n) is 5.65. The zero-order valence-electron chi connectivity index (χ0n) is 16.8. The average molecular weight is 413 g/mol. The van der Waals surface area contributed by atoms with E-state index in [-0.39, 0.29) is 17.7 Å². The maximum Gasteiger partial charge on any atom is 0.255 e. The molecule has 3 heterocycles. The van der Waals surface area contributed by atoms with Crippen LogP contribution in [0.4, 0.5) is 0 Å². The van der Waals surface area contributed by atoms with E-state index in [1.54, 1.807) is 36.3 Å². The summed E-state index contributed by atoms with van der Waals surface area (Å²) in [5.74, 6) is 1.94. The lowest BCUT2D eigenvalue weighted by atomic mass is 9.84. The Balaban J connectivity index is 1.22. The average Bonchev–Trinajstić information content (AvgIpc) is 3.44. The number of amidine groups is 1. The second kappa shape index (κ2) is 7.42. The highest BCUT2D eigenvalue weighted by Crippen LogP contribution is 2.48. The van der Waals surface area contributed by atoms with Gasteiger partial charge in [-0.1, -0.05) is 18.2 Å². The summed E-state index contributed by atoms with van der Waals surface area (Å²) in [7, 11) is 0. The second-order valence-electron chi connectivity index (χ2n) is 9.15. The Hall–Kier alpha value is -1.89. The van der Waals surface area contributed by atoms with Crippen LogP contribution in [0.3, 0.4) is 0 Å². The summed E-state index contributed by atoms with van der Waals surface area (Å²) in [4.78, 5) is 36.4. The Morgan fingerprint density at radius 2 is 2.10 bits per heavy atom. The molecule has 2 bridgehead atoms. The van der Waals surface area contributed by atoms with Crippen molar-refractivity contribution in [3.63, 3.8) is 0 Å². The molecule has 1 unspecified atom stereocenters. The van der Waals surface area contributed by atoms with E-state index in [0.717, 1.165) is 29.8 Å². The summed E-state index contributed by atoms with van der Waals surface area (Å²) in [6.45, 7) is 3.42. The predicted molar refractivity (Wildman–Crippen MR) is 114 cm³/mol. The van der Waals surface area contributed by atoms with E-state index in [2.05, 4.69) is 17.2 Å². The lowest BCUT2D eigenvalue weighted by Crippen LogP contribution is -2.47. The molecule has 2 saturated carbocycles. The van der Waals surface area contributed by atoms with E-state index in [1.165, 1.54) is 25.7 Å². The lowest BCUT2D eigenvalue weighted by Gasteiger charge is -2.38. The molecule has 1 N–H and O–H groups in total. The largest absolute Gasteiger partial charge is 0.339 e. The maximum atomic E-state index is 12.9. The molecule has 2 aliphatic carbocycles. The number of hydrogen-bond acceptors (Lipinski definition) is 5. The Morgan fingerprint density at radius 3 is 2.76 bits per heavy atom. The van der Waals surface area contributed by atoms with Gasteiger partial charge >= 0.3 is 0 Å². The normalized spacial score (nSPS) is 36.0. The molecule has 5 rings (SSSR count). The Morgan fingerprint density at radius 1 is 1.28 bits per heavy atom. The topological polar surface area (TPSA) is 74.7 Å². The smallest absolute Gasteiger partial charge is 0.255 e. The van der Waals surface area contributed by atoms with Crippen molar-refractivity contribution in [1.29, 1.82) is 0 Å². The van der Waals surface area contributed by atoms with Crippen LogP contribution < -0.4 is 5.32 Å². The van der Waals surface area contributed by atoms with E-state index >= 15 is 0 Å². The number of pyridine rings is 1. The third-order valence-corrected chi connectivity index (χ3v) is 8.78. The van der Waals surface area contributed by atoms with E-state index in [9.17, 15) is 9.59 Å². The number of rotatable bonds is 3. The van der Waals surface area contributed by atoms with Gasteiger partial charge in [0.2, 0.25) is 5.91 Å². The van der Waals surface area contributed by atoms with Crippen molar-refractivity contribution in [2.24, 2.45) is 22.7 Å². The van der Waals surface area contributed by atoms with Crippen LogP contribution in [-0.2, 0) is 4.79 Å². The summed E-state index contributed by atoms with van der Waals surface area (Å²) in [6.07, 6.45) is 10.1. The molecular formula is C22H28N4O2S. The molecular weight excluding hydrogens is 384 g/mol. The van der Waals surface area contributed by atoms with E-state index < -0.39 is 4.75 Å². The minimum absolute atomic E-state index is 0.0313. The van der Waals surface area contributed by atoms with Gasteiger partial charge in [0, 0.05) is 25.5 Å². The van der Waals surface area contributed by atoms with Crippen molar-refractivity contribution in [3.05, 3.63) is 30.1 Å². The van der Waals surface area contributed by atoms with Crippen LogP contribution in [0.1, 0.15) is 55.8 Å². The molecule has 1 aromatic rings. The summed E-state index contributed by atoms with van der Waals surface area (Å²) in [5, 5.41) is 3.90. The van der Waals surface area contributed by atoms with Gasteiger partial charge in [0.25, 0.3) is 5.91 Å². The molecule has 154 valence electrons. The number of amides is 2. The van der Waals surface area contributed by atoms with Crippen molar-refractivity contribution in [1.82, 2.24) is 15.2 Å². The SMILES string of the molecule is CC1(C2CCN(C(=O)c3cccnc3)CC2)SC(=N[C@H]2C[C@@H]3CC[C@H]2C3)NC1=O. The van der Waals surface area contributed by atoms with Crippen LogP contribution in [0, 0.1) is 17.8 Å². The molecule has 2 saturated heterocycles. The second-order valence-corrected chi connectivity index (χ2v) is 10.6. The predicted octanol–water partition coefficient (Wildman–Crippen LogP) is 3.10. The molecule has 6 nitrogen and oxygen atoms in total. The van der Waals surface area contributed by atoms with Gasteiger partial charge in [-0.05, 0) is 68.9 Å². The number of nitrogens with zero attached hydrogens (tertiary/aromatic N) is 3. The third-order valence-electron chi connectivity index (χ3n) is 7.43. The number of hydrogen-bond donors (Lipinski definition) is 1. The van der Waals surface area contributed by atoms with Gasteiger partial charge in [0.05, 0.1) is 11.6 Å². The highest BCUT2D eigenvalue weighted by molar-refractivity contribution is 8.16. The summed E-state index contributed by atoms with van der Waals surface area (Å²) < 4.78 is -0.486. The highest BCUT2D eigenvalue weighted by Gasteiger charge is 2.50. The van der Waals surface area contributed by atoms with E-state index in [0.29, 0.717) is 24.7 Å². The number of aromatic nitrogens is 1. The first kappa shape index (κ1) is 19.1. The van der Waals surface area contributed by atoms with Crippen LogP contribution >= 0.6 is 11.8 Å². The lowest BCUT2D eigenvalue weighted by molar-refractivity contribution is -0.122. The van der Waals surface area contributed by atoms with Gasteiger partial charge in [-0.15, -0.1) is 0 Å². The van der Waals surface area contributed by atoms with Crippen LogP contribution in [-0.4, -0.2) is 50.7 Å². The number of thioether (sulfide) groups is 1. The Labute approximate surface area is 175 Å². The number of nitrogens with one attached hydrogen (secondary N) is 1. The van der Waals surface area contributed by atoms with Crippen molar-refractivity contribution >= 4 is 28.7 Å². The number of likely N-dealkylation sites (tertiary alicyclic amines) is 1. The Kier molecular flexibility index (Phi) is 4.88. The fourth-order valence-corrected chi connectivity index (χ4v) is 6.93. The molecule has 7 heteroatoms. The molecule has 0 aromatic carbocycles. The van der Waals surface area contributed by atoms with Crippen LogP contribution in [0.5, 0.6) is 0 Å². The van der Waals surface area contributed by atoms with E-state index in [1.807, 2.05) is 4.90 Å². The summed E-state index contributed by atoms with van der Waals surface area (Å²) in [5.41, 5.74) is 0.630. The van der Waals surface area contributed by atoms with Crippen molar-refractivity contribution in [2.45, 2.75) is 56.2 Å². The number of carbonyl (C=O) groups is 2. The summed E-state index contributed by atoms with van der Waals surface area (Å²) >= 11 is 1.62. The number of carbonyl (C=O) groups excluding carboxylic acids is 2. The van der Waals surface area contributed by atoms with Crippen molar-refractivity contribution < 1.29 is 9.59 Å². The first-order valence-corrected chi connectivity index (χ1v) is 11.6. The molecule has 2 aliphatic heterocycles. The number of fused-ring (bicyclic) bond motifs is 2. The van der Waals surface area contributed by atoms with Gasteiger partial charge in [0.15, 0.2) is 5.17 Å². The van der Waals surface area contributed by atoms with Gasteiger partial charge in [-0.25, -0.2) is 0 Å². The standard InChI is InChI=1S/C22H28N4O2S/c1-22(17-6-9-26(10-7-17)19(27)16-3-2-8-23-13-16)20(28)25-21(29-22)24-18-12-14-4-5-15(18)11-14/h2-3,8,13-15,17-18H,4-7,9-12H2,1H3,(H,24,25,28)/t14-,15+,18+,22?/m1/s1. The Bertz CT molecular complexity index is 836. The fraction of sp³-hybridized carbons (Fsp3) is 0.636. The number of piperidine rings is 1. The van der Waals surface area contributed by atoms with Crippen LogP contribution in [0.2, 0.25) is 0 Å². The van der Waals surface area contributed by atoms with Gasteiger partial charge in [-0.3, -0.25) is 19.6 Å². The van der Waals surface area contributed by atoms with E-state index in [4.69, 9.17) is 4.99 Å².